The molecular formula is C40H77N3O2. The molecule has 0 rings (SSSR count). The number of carbonyl (C=O) groups is 2. The summed E-state index contributed by atoms with van der Waals surface area (Å²) in [5, 5.41) is 9.30. The van der Waals surface area contributed by atoms with Crippen LogP contribution in [0.3, 0.4) is 0 Å². The molecule has 0 aliphatic rings. The highest BCUT2D eigenvalue weighted by Crippen LogP contribution is 2.11. The molecule has 45 heavy (non-hydrogen) atoms. The van der Waals surface area contributed by atoms with Gasteiger partial charge in [-0.25, -0.2) is 0 Å². The van der Waals surface area contributed by atoms with Crippen molar-refractivity contribution in [1.29, 1.82) is 0 Å². The summed E-state index contributed by atoms with van der Waals surface area (Å²) >= 11 is 0. The third-order valence-corrected chi connectivity index (χ3v) is 8.58. The maximum Gasteiger partial charge on any atom is 0.220 e. The molecule has 0 aliphatic carbocycles. The Morgan fingerprint density at radius 1 is 0.378 bits per heavy atom. The zero-order valence-electron chi connectivity index (χ0n) is 30.3. The average molecular weight is 632 g/mol. The number of allylic oxidation sites excluding steroid dienone is 4. The van der Waals surface area contributed by atoms with E-state index in [0.29, 0.717) is 25.9 Å². The van der Waals surface area contributed by atoms with Crippen molar-refractivity contribution in [3.8, 4) is 0 Å². The number of hydrogen-bond donors (Lipinski definition) is 3. The molecule has 0 atom stereocenters. The van der Waals surface area contributed by atoms with E-state index in [9.17, 15) is 9.59 Å². The first-order valence-corrected chi connectivity index (χ1v) is 19.7. The Balaban J connectivity index is 3.31. The second kappa shape index (κ2) is 38.6. The minimum absolute atomic E-state index is 0.155. The van der Waals surface area contributed by atoms with Gasteiger partial charge in [0.15, 0.2) is 0 Å². The van der Waals surface area contributed by atoms with Crippen molar-refractivity contribution >= 4 is 11.8 Å². The predicted octanol–water partition coefficient (Wildman–Crippen LogP) is 10.9. The fraction of sp³-hybridized carbons (Fsp3) is 0.850. The van der Waals surface area contributed by atoms with Crippen LogP contribution in [0.2, 0.25) is 0 Å². The molecule has 0 heterocycles. The first-order valence-electron chi connectivity index (χ1n) is 19.7. The Kier molecular flexibility index (Phi) is 37.2. The predicted molar refractivity (Wildman–Crippen MR) is 198 cm³/mol. The van der Waals surface area contributed by atoms with E-state index in [2.05, 4.69) is 54.1 Å². The summed E-state index contributed by atoms with van der Waals surface area (Å²) in [5.74, 6) is 0.311. The highest BCUT2D eigenvalue weighted by Gasteiger charge is 2.02. The number of amides is 2. The van der Waals surface area contributed by atoms with Gasteiger partial charge in [-0.1, -0.05) is 141 Å². The molecule has 5 heteroatoms. The minimum Gasteiger partial charge on any atom is -0.355 e. The van der Waals surface area contributed by atoms with E-state index in [1.54, 1.807) is 0 Å². The van der Waals surface area contributed by atoms with Gasteiger partial charge in [0, 0.05) is 39.0 Å². The molecule has 264 valence electrons. The van der Waals surface area contributed by atoms with Crippen LogP contribution in [0.1, 0.15) is 194 Å². The third-order valence-electron chi connectivity index (χ3n) is 8.58. The topological polar surface area (TPSA) is 70.2 Å². The van der Waals surface area contributed by atoms with Gasteiger partial charge >= 0.3 is 0 Å². The van der Waals surface area contributed by atoms with Crippen molar-refractivity contribution in [2.75, 3.05) is 26.2 Å². The molecule has 0 unspecified atom stereocenters. The average Bonchev–Trinajstić information content (AvgIpc) is 3.04. The second-order valence-electron chi connectivity index (χ2n) is 13.1. The Labute approximate surface area is 281 Å². The van der Waals surface area contributed by atoms with Crippen LogP contribution in [-0.4, -0.2) is 38.0 Å². The lowest BCUT2D eigenvalue weighted by Gasteiger charge is -2.08. The van der Waals surface area contributed by atoms with Gasteiger partial charge in [0.05, 0.1) is 0 Å². The van der Waals surface area contributed by atoms with Gasteiger partial charge in [0.1, 0.15) is 0 Å². The monoisotopic (exact) mass is 632 g/mol. The molecule has 0 fully saturated rings. The maximum absolute atomic E-state index is 12.0. The Morgan fingerprint density at radius 3 is 1.00 bits per heavy atom. The quantitative estimate of drug-likeness (QED) is 0.0476. The standard InChI is InChI=1S/C40H77N3O2/c1-3-5-7-9-11-13-15-17-19-21-23-25-27-29-31-33-39(44)42-37-35-41-36-38-43-40(45)34-32-30-28-26-24-22-20-18-16-14-12-10-8-6-4-2/h17-20,41H,3-16,21-38H2,1-2H3,(H,42,44)(H,43,45)/b19-17+,20-18+. The van der Waals surface area contributed by atoms with Crippen molar-refractivity contribution in [2.24, 2.45) is 0 Å². The molecule has 0 saturated heterocycles. The first kappa shape index (κ1) is 43.4. The molecule has 0 aromatic carbocycles. The smallest absolute Gasteiger partial charge is 0.220 e. The van der Waals surface area contributed by atoms with Gasteiger partial charge in [-0.15, -0.1) is 0 Å². The molecular weight excluding hydrogens is 554 g/mol. The molecule has 0 saturated carbocycles. The van der Waals surface area contributed by atoms with Gasteiger partial charge in [0.2, 0.25) is 11.8 Å². The lowest BCUT2D eigenvalue weighted by atomic mass is 10.1. The lowest BCUT2D eigenvalue weighted by Crippen LogP contribution is -2.36. The normalized spacial score (nSPS) is 11.6. The number of carbonyl (C=O) groups excluding carboxylic acids is 2. The molecule has 0 aliphatic heterocycles. The Morgan fingerprint density at radius 2 is 0.667 bits per heavy atom. The van der Waals surface area contributed by atoms with Crippen molar-refractivity contribution in [2.45, 2.75) is 194 Å². The summed E-state index contributed by atoms with van der Waals surface area (Å²) < 4.78 is 0. The zero-order valence-corrected chi connectivity index (χ0v) is 30.3. The van der Waals surface area contributed by atoms with Gasteiger partial charge in [0.25, 0.3) is 0 Å². The van der Waals surface area contributed by atoms with Crippen LogP contribution in [0.15, 0.2) is 24.3 Å². The van der Waals surface area contributed by atoms with Crippen molar-refractivity contribution in [1.82, 2.24) is 16.0 Å². The molecule has 0 radical (unpaired) electrons. The van der Waals surface area contributed by atoms with Gasteiger partial charge in [-0.2, -0.15) is 0 Å². The van der Waals surface area contributed by atoms with Crippen LogP contribution in [0.4, 0.5) is 0 Å². The summed E-state index contributed by atoms with van der Waals surface area (Å²) in [6.45, 7) is 7.31. The fourth-order valence-corrected chi connectivity index (χ4v) is 5.59. The van der Waals surface area contributed by atoms with Crippen LogP contribution < -0.4 is 16.0 Å². The molecule has 3 N–H and O–H groups in total. The number of rotatable bonds is 36. The first-order chi connectivity index (χ1) is 22.2. The summed E-state index contributed by atoms with van der Waals surface area (Å²) in [4.78, 5) is 24.1. The van der Waals surface area contributed by atoms with E-state index in [1.807, 2.05) is 0 Å². The molecule has 0 spiro atoms. The van der Waals surface area contributed by atoms with E-state index >= 15 is 0 Å². The van der Waals surface area contributed by atoms with Crippen molar-refractivity contribution in [3.63, 3.8) is 0 Å². The Bertz CT molecular complexity index is 620. The van der Waals surface area contributed by atoms with E-state index in [-0.39, 0.29) is 11.8 Å². The molecule has 0 bridgehead atoms. The van der Waals surface area contributed by atoms with E-state index < -0.39 is 0 Å². The minimum atomic E-state index is 0.155. The van der Waals surface area contributed by atoms with E-state index in [1.165, 1.54) is 141 Å². The second-order valence-corrected chi connectivity index (χ2v) is 13.1. The van der Waals surface area contributed by atoms with Crippen LogP contribution in [0, 0.1) is 0 Å². The molecule has 0 aromatic rings. The zero-order chi connectivity index (χ0) is 32.7. The summed E-state index contributed by atoms with van der Waals surface area (Å²) in [5.41, 5.74) is 0. The Hall–Kier alpha value is -1.62. The van der Waals surface area contributed by atoms with Gasteiger partial charge in [-0.3, -0.25) is 9.59 Å². The van der Waals surface area contributed by atoms with Crippen LogP contribution in [0.5, 0.6) is 0 Å². The van der Waals surface area contributed by atoms with Crippen LogP contribution in [0.25, 0.3) is 0 Å². The highest BCUT2D eigenvalue weighted by molar-refractivity contribution is 5.76. The fourth-order valence-electron chi connectivity index (χ4n) is 5.59. The third kappa shape index (κ3) is 38.5. The summed E-state index contributed by atoms with van der Waals surface area (Å²) in [6.07, 6.45) is 43.9. The molecule has 0 aromatic heterocycles. The summed E-state index contributed by atoms with van der Waals surface area (Å²) in [7, 11) is 0. The molecule has 2 amide bonds. The van der Waals surface area contributed by atoms with E-state index in [4.69, 9.17) is 0 Å². The maximum atomic E-state index is 12.0. The summed E-state index contributed by atoms with van der Waals surface area (Å²) in [6, 6.07) is 0. The van der Waals surface area contributed by atoms with Crippen molar-refractivity contribution in [3.05, 3.63) is 24.3 Å². The van der Waals surface area contributed by atoms with Crippen LogP contribution >= 0.6 is 0 Å². The highest BCUT2D eigenvalue weighted by atomic mass is 16.2. The van der Waals surface area contributed by atoms with Gasteiger partial charge < -0.3 is 16.0 Å². The number of hydrogen-bond acceptors (Lipinski definition) is 3. The van der Waals surface area contributed by atoms with Crippen molar-refractivity contribution < 1.29 is 9.59 Å². The largest absolute Gasteiger partial charge is 0.355 e. The van der Waals surface area contributed by atoms with E-state index in [0.717, 1.165) is 38.8 Å². The lowest BCUT2D eigenvalue weighted by molar-refractivity contribution is -0.121. The number of unbranched alkanes of at least 4 members (excludes halogenated alkanes) is 22. The SMILES string of the molecule is CCCCCCCC/C=C/CCCCCCCC(=O)NCCNCCNC(=O)CCCCCCC/C=C/CCCCCCCC. The van der Waals surface area contributed by atoms with Gasteiger partial charge in [-0.05, 0) is 64.2 Å². The number of nitrogens with one attached hydrogen (secondary N) is 3. The molecule has 5 nitrogen and oxygen atoms in total. The van der Waals surface area contributed by atoms with Crippen LogP contribution in [-0.2, 0) is 9.59 Å².